The topological polar surface area (TPSA) is 57.2 Å². The monoisotopic (exact) mass is 469 g/mol. The minimum atomic E-state index is -0.536. The van der Waals surface area contributed by atoms with Crippen LogP contribution in [0.15, 0.2) is 48.5 Å². The fourth-order valence-electron chi connectivity index (χ4n) is 4.89. The summed E-state index contributed by atoms with van der Waals surface area (Å²) in [5.74, 6) is 0.951. The molecule has 0 heterocycles. The molecule has 3 rings (SSSR count). The van der Waals surface area contributed by atoms with Crippen LogP contribution in [-0.4, -0.2) is 49.9 Å². The van der Waals surface area contributed by atoms with E-state index in [1.165, 1.54) is 5.56 Å². The van der Waals surface area contributed by atoms with Crippen LogP contribution in [0.2, 0.25) is 0 Å². The van der Waals surface area contributed by atoms with E-state index in [0.29, 0.717) is 18.0 Å². The maximum Gasteiger partial charge on any atom is 0.311 e. The van der Waals surface area contributed by atoms with E-state index < -0.39 is 5.60 Å². The van der Waals surface area contributed by atoms with Crippen molar-refractivity contribution in [3.05, 3.63) is 59.7 Å². The SMILES string of the molecule is COc1ccc(CN([C@H]2[C@H](OC)CC[C@H]2C(=O)OC(C)(C)C)[C@@H](C)c2ccccc2)cc1OC. The van der Waals surface area contributed by atoms with Gasteiger partial charge >= 0.3 is 5.97 Å². The van der Waals surface area contributed by atoms with Gasteiger partial charge in [0.05, 0.1) is 32.3 Å². The number of benzene rings is 2. The number of carbonyl (C=O) groups excluding carboxylic acids is 1. The zero-order valence-electron chi connectivity index (χ0n) is 21.5. The van der Waals surface area contributed by atoms with E-state index in [1.54, 1.807) is 21.3 Å². The maximum atomic E-state index is 13.3. The molecule has 6 nitrogen and oxygen atoms in total. The van der Waals surface area contributed by atoms with Gasteiger partial charge in [0.2, 0.25) is 0 Å². The molecular formula is C28H39NO5. The highest BCUT2D eigenvalue weighted by Gasteiger charge is 2.46. The molecule has 1 saturated carbocycles. The van der Waals surface area contributed by atoms with Gasteiger partial charge in [0.15, 0.2) is 11.5 Å². The summed E-state index contributed by atoms with van der Waals surface area (Å²) in [6.07, 6.45) is 1.49. The third kappa shape index (κ3) is 6.10. The molecule has 0 N–H and O–H groups in total. The predicted molar refractivity (Wildman–Crippen MR) is 133 cm³/mol. The minimum Gasteiger partial charge on any atom is -0.493 e. The molecule has 0 aliphatic heterocycles. The Labute approximate surface area is 204 Å². The molecule has 1 aliphatic carbocycles. The van der Waals surface area contributed by atoms with Crippen molar-refractivity contribution < 1.29 is 23.7 Å². The van der Waals surface area contributed by atoms with Crippen LogP contribution in [0.3, 0.4) is 0 Å². The molecule has 2 aromatic rings. The zero-order chi connectivity index (χ0) is 24.9. The number of hydrogen-bond acceptors (Lipinski definition) is 6. The lowest BCUT2D eigenvalue weighted by molar-refractivity contribution is -0.163. The molecule has 186 valence electrons. The Balaban J connectivity index is 2.01. The largest absolute Gasteiger partial charge is 0.493 e. The molecule has 0 bridgehead atoms. The standard InChI is InChI=1S/C28H39NO5/c1-19(21-11-9-8-10-12-21)29(18-20-13-15-23(31-5)25(17-20)33-7)26-22(14-16-24(26)32-6)27(30)34-28(2,3)4/h8-13,15,17,19,22,24,26H,14,16,18H2,1-7H3/t19-,22+,24+,26+/m0/s1. The number of nitrogens with zero attached hydrogens (tertiary/aromatic N) is 1. The van der Waals surface area contributed by atoms with Crippen LogP contribution in [0.4, 0.5) is 0 Å². The van der Waals surface area contributed by atoms with E-state index in [1.807, 2.05) is 57.2 Å². The number of methoxy groups -OCH3 is 3. The number of rotatable bonds is 9. The summed E-state index contributed by atoms with van der Waals surface area (Å²) in [4.78, 5) is 15.7. The van der Waals surface area contributed by atoms with E-state index in [-0.39, 0.29) is 30.1 Å². The van der Waals surface area contributed by atoms with Gasteiger partial charge in [-0.15, -0.1) is 0 Å². The Bertz CT molecular complexity index is 940. The van der Waals surface area contributed by atoms with Crippen LogP contribution in [0.25, 0.3) is 0 Å². The van der Waals surface area contributed by atoms with Crippen molar-refractivity contribution in [1.29, 1.82) is 0 Å². The first kappa shape index (κ1) is 26.0. The highest BCUT2D eigenvalue weighted by Crippen LogP contribution is 2.39. The number of esters is 1. The Kier molecular flexibility index (Phi) is 8.61. The van der Waals surface area contributed by atoms with Crippen molar-refractivity contribution in [2.24, 2.45) is 5.92 Å². The van der Waals surface area contributed by atoms with Gasteiger partial charge in [-0.25, -0.2) is 0 Å². The van der Waals surface area contributed by atoms with E-state index in [4.69, 9.17) is 18.9 Å². The summed E-state index contributed by atoms with van der Waals surface area (Å²) in [6.45, 7) is 8.55. The van der Waals surface area contributed by atoms with Gasteiger partial charge in [0, 0.05) is 19.7 Å². The number of ether oxygens (including phenoxy) is 4. The van der Waals surface area contributed by atoms with Crippen LogP contribution in [0, 0.1) is 5.92 Å². The van der Waals surface area contributed by atoms with E-state index >= 15 is 0 Å². The lowest BCUT2D eigenvalue weighted by Gasteiger charge is -2.40. The average Bonchev–Trinajstić information content (AvgIpc) is 3.25. The molecule has 0 spiro atoms. The molecule has 0 amide bonds. The second kappa shape index (κ2) is 11.2. The predicted octanol–water partition coefficient (Wildman–Crippen LogP) is 5.40. The highest BCUT2D eigenvalue weighted by atomic mass is 16.6. The van der Waals surface area contributed by atoms with Crippen LogP contribution >= 0.6 is 0 Å². The molecule has 0 aromatic heterocycles. The molecule has 0 unspecified atom stereocenters. The summed E-state index contributed by atoms with van der Waals surface area (Å²) < 4.78 is 22.7. The average molecular weight is 470 g/mol. The first-order valence-electron chi connectivity index (χ1n) is 12.0. The number of carbonyl (C=O) groups is 1. The van der Waals surface area contributed by atoms with Crippen LogP contribution in [0.1, 0.15) is 57.7 Å². The second-order valence-electron chi connectivity index (χ2n) is 9.93. The summed E-state index contributed by atoms with van der Waals surface area (Å²) in [5.41, 5.74) is 1.73. The smallest absolute Gasteiger partial charge is 0.311 e. The molecule has 2 aromatic carbocycles. The fourth-order valence-corrected chi connectivity index (χ4v) is 4.89. The molecular weight excluding hydrogens is 430 g/mol. The Morgan fingerprint density at radius 1 is 1.00 bits per heavy atom. The van der Waals surface area contributed by atoms with Crippen LogP contribution in [0.5, 0.6) is 11.5 Å². The second-order valence-corrected chi connectivity index (χ2v) is 9.93. The molecule has 0 saturated heterocycles. The summed E-state index contributed by atoms with van der Waals surface area (Å²) in [6, 6.07) is 16.3. The van der Waals surface area contributed by atoms with Crippen LogP contribution < -0.4 is 9.47 Å². The molecule has 34 heavy (non-hydrogen) atoms. The lowest BCUT2D eigenvalue weighted by atomic mass is 9.95. The van der Waals surface area contributed by atoms with Gasteiger partial charge in [0.1, 0.15) is 5.60 Å². The van der Waals surface area contributed by atoms with E-state index in [0.717, 1.165) is 18.4 Å². The van der Waals surface area contributed by atoms with Crippen molar-refractivity contribution in [1.82, 2.24) is 4.90 Å². The van der Waals surface area contributed by atoms with Crippen molar-refractivity contribution in [2.75, 3.05) is 21.3 Å². The first-order chi connectivity index (χ1) is 16.2. The molecule has 1 fully saturated rings. The summed E-state index contributed by atoms with van der Waals surface area (Å²) in [5, 5.41) is 0. The first-order valence-corrected chi connectivity index (χ1v) is 12.0. The van der Waals surface area contributed by atoms with Crippen molar-refractivity contribution in [2.45, 2.75) is 70.9 Å². The van der Waals surface area contributed by atoms with Crippen molar-refractivity contribution in [3.63, 3.8) is 0 Å². The van der Waals surface area contributed by atoms with Gasteiger partial charge in [-0.2, -0.15) is 0 Å². The maximum absolute atomic E-state index is 13.3. The zero-order valence-corrected chi connectivity index (χ0v) is 21.5. The van der Waals surface area contributed by atoms with E-state index in [9.17, 15) is 4.79 Å². The number of hydrogen-bond donors (Lipinski definition) is 0. The van der Waals surface area contributed by atoms with Gasteiger partial charge in [-0.05, 0) is 63.8 Å². The van der Waals surface area contributed by atoms with Gasteiger partial charge in [-0.3, -0.25) is 9.69 Å². The molecule has 1 aliphatic rings. The van der Waals surface area contributed by atoms with Gasteiger partial charge < -0.3 is 18.9 Å². The summed E-state index contributed by atoms with van der Waals surface area (Å²) >= 11 is 0. The third-order valence-electron chi connectivity index (χ3n) is 6.54. The molecule has 4 atom stereocenters. The molecule has 6 heteroatoms. The molecule has 0 radical (unpaired) electrons. The normalized spacial score (nSPS) is 21.4. The minimum absolute atomic E-state index is 0.0555. The lowest BCUT2D eigenvalue weighted by Crippen LogP contribution is -2.48. The Morgan fingerprint density at radius 3 is 2.26 bits per heavy atom. The fraction of sp³-hybridized carbons (Fsp3) is 0.536. The van der Waals surface area contributed by atoms with E-state index in [2.05, 4.69) is 24.0 Å². The van der Waals surface area contributed by atoms with Crippen molar-refractivity contribution in [3.8, 4) is 11.5 Å². The van der Waals surface area contributed by atoms with Gasteiger partial charge in [0.25, 0.3) is 0 Å². The Hall–Kier alpha value is -2.57. The Morgan fingerprint density at radius 2 is 1.68 bits per heavy atom. The van der Waals surface area contributed by atoms with Crippen molar-refractivity contribution >= 4 is 5.97 Å². The third-order valence-corrected chi connectivity index (χ3v) is 6.54. The summed E-state index contributed by atoms with van der Waals surface area (Å²) in [7, 11) is 5.01. The quantitative estimate of drug-likeness (QED) is 0.458. The van der Waals surface area contributed by atoms with Gasteiger partial charge in [-0.1, -0.05) is 36.4 Å². The highest BCUT2D eigenvalue weighted by molar-refractivity contribution is 5.74. The van der Waals surface area contributed by atoms with Crippen LogP contribution in [-0.2, 0) is 20.8 Å².